The van der Waals surface area contributed by atoms with Gasteiger partial charge in [-0.15, -0.1) is 0 Å². The largest absolute Gasteiger partial charge is 0.486 e. The van der Waals surface area contributed by atoms with Crippen LogP contribution in [0.1, 0.15) is 16.1 Å². The molecule has 0 saturated carbocycles. The van der Waals surface area contributed by atoms with E-state index >= 15 is 0 Å². The normalized spacial score (nSPS) is 10.6. The molecule has 3 heterocycles. The molecule has 0 aliphatic rings. The van der Waals surface area contributed by atoms with Gasteiger partial charge in [0, 0.05) is 18.6 Å². The number of rotatable bonds is 4. The Morgan fingerprint density at radius 1 is 1.35 bits per heavy atom. The number of carbonyl (C=O) groups is 1. The maximum absolute atomic E-state index is 11.1. The molecule has 100 valence electrons. The number of ether oxygens (including phenoxy) is 1. The first-order chi connectivity index (χ1) is 9.74. The number of hydrogen-bond acceptors (Lipinski definition) is 4. The van der Waals surface area contributed by atoms with Gasteiger partial charge in [0.15, 0.2) is 5.65 Å². The molecular weight excluding hydrogens is 258 g/mol. The number of aromatic carboxylic acids is 1. The van der Waals surface area contributed by atoms with Crippen LogP contribution in [-0.4, -0.2) is 25.4 Å². The molecule has 0 radical (unpaired) electrons. The summed E-state index contributed by atoms with van der Waals surface area (Å²) in [5.74, 6) is -0.357. The van der Waals surface area contributed by atoms with Gasteiger partial charge in [-0.25, -0.2) is 9.78 Å². The van der Waals surface area contributed by atoms with E-state index in [-0.39, 0.29) is 12.2 Å². The standard InChI is InChI=1S/C14H11N3O3/c18-14(19)12-4-2-6-17-8-10(16-13(12)17)9-20-11-3-1-5-15-7-11/h1-8H,9H2,(H,18,19). The second-order valence-electron chi connectivity index (χ2n) is 4.17. The van der Waals surface area contributed by atoms with Crippen molar-refractivity contribution in [2.75, 3.05) is 0 Å². The maximum atomic E-state index is 11.1. The van der Waals surface area contributed by atoms with Crippen molar-refractivity contribution in [2.45, 2.75) is 6.61 Å². The summed E-state index contributed by atoms with van der Waals surface area (Å²) < 4.78 is 7.21. The maximum Gasteiger partial charge on any atom is 0.339 e. The molecule has 0 aliphatic carbocycles. The lowest BCUT2D eigenvalue weighted by atomic mass is 10.3. The van der Waals surface area contributed by atoms with Crippen LogP contribution >= 0.6 is 0 Å². The summed E-state index contributed by atoms with van der Waals surface area (Å²) in [6.45, 7) is 0.256. The van der Waals surface area contributed by atoms with E-state index in [0.29, 0.717) is 17.1 Å². The molecule has 20 heavy (non-hydrogen) atoms. The number of aromatic nitrogens is 3. The Hall–Kier alpha value is -2.89. The molecule has 0 aliphatic heterocycles. The minimum Gasteiger partial charge on any atom is -0.486 e. The Bertz CT molecular complexity index is 753. The van der Waals surface area contributed by atoms with Gasteiger partial charge < -0.3 is 14.2 Å². The summed E-state index contributed by atoms with van der Waals surface area (Å²) in [4.78, 5) is 19.3. The summed E-state index contributed by atoms with van der Waals surface area (Å²) in [5, 5.41) is 9.11. The fourth-order valence-electron chi connectivity index (χ4n) is 1.89. The first kappa shape index (κ1) is 12.2. The molecule has 1 N–H and O–H groups in total. The van der Waals surface area contributed by atoms with Crippen LogP contribution in [-0.2, 0) is 6.61 Å². The Kier molecular flexibility index (Phi) is 3.04. The van der Waals surface area contributed by atoms with Gasteiger partial charge in [-0.05, 0) is 24.3 Å². The monoisotopic (exact) mass is 269 g/mol. The lowest BCUT2D eigenvalue weighted by molar-refractivity contribution is 0.0698. The average molecular weight is 269 g/mol. The summed E-state index contributed by atoms with van der Waals surface area (Å²) in [5.41, 5.74) is 1.23. The fraction of sp³-hybridized carbons (Fsp3) is 0.0714. The molecular formula is C14H11N3O3. The highest BCUT2D eigenvalue weighted by atomic mass is 16.5. The topological polar surface area (TPSA) is 76.7 Å². The number of carboxylic acids is 1. The van der Waals surface area contributed by atoms with Gasteiger partial charge in [-0.1, -0.05) is 0 Å². The van der Waals surface area contributed by atoms with Crippen molar-refractivity contribution in [1.82, 2.24) is 14.4 Å². The van der Waals surface area contributed by atoms with Crippen molar-refractivity contribution >= 4 is 11.6 Å². The lowest BCUT2D eigenvalue weighted by Crippen LogP contribution is -2.00. The molecule has 6 heteroatoms. The third-order valence-corrected chi connectivity index (χ3v) is 2.78. The van der Waals surface area contributed by atoms with Crippen LogP contribution in [0.15, 0.2) is 49.1 Å². The molecule has 0 amide bonds. The predicted octanol–water partition coefficient (Wildman–Crippen LogP) is 2.01. The van der Waals surface area contributed by atoms with E-state index in [1.54, 1.807) is 47.4 Å². The molecule has 3 aromatic heterocycles. The second-order valence-corrected chi connectivity index (χ2v) is 4.17. The van der Waals surface area contributed by atoms with Gasteiger partial charge in [0.05, 0.1) is 11.9 Å². The van der Waals surface area contributed by atoms with E-state index in [0.717, 1.165) is 0 Å². The number of carboxylic acid groups (broad SMARTS) is 1. The van der Waals surface area contributed by atoms with Gasteiger partial charge in [-0.2, -0.15) is 0 Å². The van der Waals surface area contributed by atoms with Gasteiger partial charge in [0.2, 0.25) is 0 Å². The zero-order valence-electron chi connectivity index (χ0n) is 10.4. The lowest BCUT2D eigenvalue weighted by Gasteiger charge is -2.01. The number of nitrogens with zero attached hydrogens (tertiary/aromatic N) is 3. The molecule has 0 unspecified atom stereocenters. The van der Waals surface area contributed by atoms with Crippen molar-refractivity contribution in [3.63, 3.8) is 0 Å². The molecule has 0 fully saturated rings. The molecule has 3 aromatic rings. The molecule has 0 aromatic carbocycles. The fourth-order valence-corrected chi connectivity index (χ4v) is 1.89. The highest BCUT2D eigenvalue weighted by molar-refractivity contribution is 5.94. The van der Waals surface area contributed by atoms with E-state index in [1.165, 1.54) is 6.07 Å². The zero-order valence-corrected chi connectivity index (χ0v) is 10.4. The van der Waals surface area contributed by atoms with Gasteiger partial charge in [0.25, 0.3) is 0 Å². The van der Waals surface area contributed by atoms with E-state index < -0.39 is 5.97 Å². The highest BCUT2D eigenvalue weighted by Crippen LogP contribution is 2.14. The Morgan fingerprint density at radius 2 is 2.25 bits per heavy atom. The first-order valence-electron chi connectivity index (χ1n) is 5.97. The van der Waals surface area contributed by atoms with E-state index in [9.17, 15) is 4.79 Å². The minimum atomic E-state index is -0.999. The van der Waals surface area contributed by atoms with E-state index in [1.807, 2.05) is 0 Å². The molecule has 0 saturated heterocycles. The van der Waals surface area contributed by atoms with Crippen molar-refractivity contribution in [1.29, 1.82) is 0 Å². The van der Waals surface area contributed by atoms with Crippen LogP contribution in [0.4, 0.5) is 0 Å². The van der Waals surface area contributed by atoms with Crippen molar-refractivity contribution in [3.05, 3.63) is 60.3 Å². The average Bonchev–Trinajstić information content (AvgIpc) is 2.88. The molecule has 0 atom stereocenters. The van der Waals surface area contributed by atoms with Crippen molar-refractivity contribution in [3.8, 4) is 5.75 Å². The van der Waals surface area contributed by atoms with Crippen molar-refractivity contribution in [2.24, 2.45) is 0 Å². The predicted molar refractivity (Wildman–Crippen MR) is 70.7 cm³/mol. The summed E-state index contributed by atoms with van der Waals surface area (Å²) in [6, 6.07) is 6.77. The number of pyridine rings is 2. The van der Waals surface area contributed by atoms with Crippen LogP contribution in [0.25, 0.3) is 5.65 Å². The van der Waals surface area contributed by atoms with Crippen LogP contribution in [0.5, 0.6) is 5.75 Å². The third-order valence-electron chi connectivity index (χ3n) is 2.78. The van der Waals surface area contributed by atoms with E-state index in [2.05, 4.69) is 9.97 Å². The van der Waals surface area contributed by atoms with Gasteiger partial charge in [0.1, 0.15) is 17.9 Å². The Labute approximate surface area is 114 Å². The van der Waals surface area contributed by atoms with Crippen LogP contribution in [0.3, 0.4) is 0 Å². The molecule has 0 spiro atoms. The SMILES string of the molecule is O=C(O)c1cccn2cc(COc3cccnc3)nc12. The number of hydrogen-bond donors (Lipinski definition) is 1. The molecule has 6 nitrogen and oxygen atoms in total. The quantitative estimate of drug-likeness (QED) is 0.784. The van der Waals surface area contributed by atoms with Gasteiger partial charge >= 0.3 is 5.97 Å². The van der Waals surface area contributed by atoms with E-state index in [4.69, 9.17) is 9.84 Å². The summed E-state index contributed by atoms with van der Waals surface area (Å²) in [7, 11) is 0. The van der Waals surface area contributed by atoms with Crippen LogP contribution in [0.2, 0.25) is 0 Å². The second kappa shape index (κ2) is 5.00. The zero-order chi connectivity index (χ0) is 13.9. The molecule has 0 bridgehead atoms. The smallest absolute Gasteiger partial charge is 0.339 e. The Morgan fingerprint density at radius 3 is 3.00 bits per heavy atom. The Balaban J connectivity index is 1.86. The number of fused-ring (bicyclic) bond motifs is 1. The number of imidazole rings is 1. The third kappa shape index (κ3) is 2.31. The first-order valence-corrected chi connectivity index (χ1v) is 5.97. The minimum absolute atomic E-state index is 0.167. The van der Waals surface area contributed by atoms with Gasteiger partial charge in [-0.3, -0.25) is 4.98 Å². The van der Waals surface area contributed by atoms with Crippen LogP contribution in [0, 0.1) is 0 Å². The summed E-state index contributed by atoms with van der Waals surface area (Å²) in [6.07, 6.45) is 6.77. The summed E-state index contributed by atoms with van der Waals surface area (Å²) >= 11 is 0. The molecule has 3 rings (SSSR count). The highest BCUT2D eigenvalue weighted by Gasteiger charge is 2.11. The van der Waals surface area contributed by atoms with Crippen molar-refractivity contribution < 1.29 is 14.6 Å². The van der Waals surface area contributed by atoms with Crippen LogP contribution < -0.4 is 4.74 Å².